The minimum absolute atomic E-state index is 0.623. The number of nitrogens with zero attached hydrogens (tertiary/aromatic N) is 2. The third kappa shape index (κ3) is 3.74. The molecule has 1 aromatic rings. The number of likely N-dealkylation sites (tertiary alicyclic amines) is 1. The Labute approximate surface area is 119 Å². The molecule has 1 atom stereocenters. The molecule has 94 valence electrons. The molecule has 0 radical (unpaired) electrons. The van der Waals surface area contributed by atoms with Gasteiger partial charge in [0.1, 0.15) is 0 Å². The van der Waals surface area contributed by atoms with Gasteiger partial charge in [0.05, 0.1) is 5.69 Å². The highest BCUT2D eigenvalue weighted by Crippen LogP contribution is 2.22. The third-order valence-electron chi connectivity index (χ3n) is 3.17. The number of nitrogens with one attached hydrogen (secondary N) is 1. The summed E-state index contributed by atoms with van der Waals surface area (Å²) in [4.78, 5) is 6.93. The highest BCUT2D eigenvalue weighted by atomic mass is 79.9. The maximum absolute atomic E-state index is 4.47. The Morgan fingerprint density at radius 2 is 2.35 bits per heavy atom. The first kappa shape index (κ1) is 13.5. The standard InChI is InChI=1S/C12H17Br2N3/c1-15-10-3-2-4-17(7-10)8-12-11(14)5-9(13)6-16-12/h5-6,10,15H,2-4,7-8H2,1H3. The molecule has 3 nitrogen and oxygen atoms in total. The van der Waals surface area contributed by atoms with E-state index < -0.39 is 0 Å². The van der Waals surface area contributed by atoms with Gasteiger partial charge in [0.25, 0.3) is 0 Å². The molecule has 1 aliphatic rings. The highest BCUT2D eigenvalue weighted by Gasteiger charge is 2.19. The molecule has 5 heteroatoms. The van der Waals surface area contributed by atoms with Gasteiger partial charge < -0.3 is 5.32 Å². The zero-order valence-corrected chi connectivity index (χ0v) is 13.1. The number of piperidine rings is 1. The van der Waals surface area contributed by atoms with Gasteiger partial charge in [-0.05, 0) is 64.4 Å². The number of halogens is 2. The van der Waals surface area contributed by atoms with Crippen LogP contribution in [0.15, 0.2) is 21.2 Å². The topological polar surface area (TPSA) is 28.2 Å². The molecular formula is C12H17Br2N3. The van der Waals surface area contributed by atoms with Crippen molar-refractivity contribution in [2.75, 3.05) is 20.1 Å². The number of hydrogen-bond donors (Lipinski definition) is 1. The lowest BCUT2D eigenvalue weighted by molar-refractivity contribution is 0.186. The van der Waals surface area contributed by atoms with Crippen LogP contribution in [0.25, 0.3) is 0 Å². The van der Waals surface area contributed by atoms with Crippen LogP contribution in [0.1, 0.15) is 18.5 Å². The van der Waals surface area contributed by atoms with Crippen LogP contribution in [0, 0.1) is 0 Å². The molecule has 17 heavy (non-hydrogen) atoms. The SMILES string of the molecule is CNC1CCCN(Cc2ncc(Br)cc2Br)C1. The van der Waals surface area contributed by atoms with E-state index in [1.807, 2.05) is 13.2 Å². The molecule has 2 heterocycles. The summed E-state index contributed by atoms with van der Waals surface area (Å²) in [6, 6.07) is 2.68. The molecule has 0 aliphatic carbocycles. The van der Waals surface area contributed by atoms with Gasteiger partial charge in [-0.25, -0.2) is 0 Å². The van der Waals surface area contributed by atoms with Crippen molar-refractivity contribution in [1.82, 2.24) is 15.2 Å². The molecule has 1 N–H and O–H groups in total. The normalized spacial score (nSPS) is 21.7. The van der Waals surface area contributed by atoms with Gasteiger partial charge in [-0.3, -0.25) is 9.88 Å². The van der Waals surface area contributed by atoms with Crippen LogP contribution in [0.4, 0.5) is 0 Å². The molecule has 1 aliphatic heterocycles. The van der Waals surface area contributed by atoms with Crippen molar-refractivity contribution in [2.45, 2.75) is 25.4 Å². The molecule has 1 saturated heterocycles. The van der Waals surface area contributed by atoms with Crippen molar-refractivity contribution in [1.29, 1.82) is 0 Å². The molecular weight excluding hydrogens is 346 g/mol. The van der Waals surface area contributed by atoms with E-state index in [0.29, 0.717) is 6.04 Å². The van der Waals surface area contributed by atoms with Crippen molar-refractivity contribution < 1.29 is 0 Å². The van der Waals surface area contributed by atoms with Crippen molar-refractivity contribution in [2.24, 2.45) is 0 Å². The number of pyridine rings is 1. The van der Waals surface area contributed by atoms with E-state index in [-0.39, 0.29) is 0 Å². The van der Waals surface area contributed by atoms with Crippen molar-refractivity contribution in [3.63, 3.8) is 0 Å². The van der Waals surface area contributed by atoms with Crippen LogP contribution in [0.3, 0.4) is 0 Å². The Morgan fingerprint density at radius 3 is 3.06 bits per heavy atom. The van der Waals surface area contributed by atoms with Gasteiger partial charge in [0.15, 0.2) is 0 Å². The lowest BCUT2D eigenvalue weighted by atomic mass is 10.1. The van der Waals surface area contributed by atoms with E-state index in [2.05, 4.69) is 53.1 Å². The summed E-state index contributed by atoms with van der Waals surface area (Å²) < 4.78 is 2.10. The van der Waals surface area contributed by atoms with Gasteiger partial charge in [0.2, 0.25) is 0 Å². The van der Waals surface area contributed by atoms with Crippen LogP contribution in [0.5, 0.6) is 0 Å². The quantitative estimate of drug-likeness (QED) is 0.896. The Kier molecular flexibility index (Phi) is 4.97. The fraction of sp³-hybridized carbons (Fsp3) is 0.583. The van der Waals surface area contributed by atoms with Crippen LogP contribution in [-0.2, 0) is 6.54 Å². The Bertz CT molecular complexity index is 384. The molecule has 0 saturated carbocycles. The molecule has 0 bridgehead atoms. The van der Waals surface area contributed by atoms with Crippen molar-refractivity contribution >= 4 is 31.9 Å². The zero-order valence-electron chi connectivity index (χ0n) is 9.92. The molecule has 1 fully saturated rings. The minimum Gasteiger partial charge on any atom is -0.316 e. The number of hydrogen-bond acceptors (Lipinski definition) is 3. The maximum Gasteiger partial charge on any atom is 0.0686 e. The Morgan fingerprint density at radius 1 is 1.53 bits per heavy atom. The van der Waals surface area contributed by atoms with E-state index >= 15 is 0 Å². The summed E-state index contributed by atoms with van der Waals surface area (Å²) in [5.41, 5.74) is 1.12. The average molecular weight is 363 g/mol. The number of rotatable bonds is 3. The van der Waals surface area contributed by atoms with E-state index in [9.17, 15) is 0 Å². The van der Waals surface area contributed by atoms with E-state index in [4.69, 9.17) is 0 Å². The van der Waals surface area contributed by atoms with E-state index in [1.54, 1.807) is 0 Å². The van der Waals surface area contributed by atoms with Crippen molar-refractivity contribution in [3.8, 4) is 0 Å². The van der Waals surface area contributed by atoms with Gasteiger partial charge in [-0.1, -0.05) is 0 Å². The van der Waals surface area contributed by atoms with Crippen LogP contribution >= 0.6 is 31.9 Å². The first-order chi connectivity index (χ1) is 8.19. The first-order valence-corrected chi connectivity index (χ1v) is 7.47. The molecule has 0 aromatic carbocycles. The Balaban J connectivity index is 2.00. The molecule has 2 rings (SSSR count). The zero-order chi connectivity index (χ0) is 12.3. The summed E-state index contributed by atoms with van der Waals surface area (Å²) in [5.74, 6) is 0. The van der Waals surface area contributed by atoms with Gasteiger partial charge in [0, 0.05) is 34.3 Å². The summed E-state index contributed by atoms with van der Waals surface area (Å²) in [6.07, 6.45) is 4.40. The maximum atomic E-state index is 4.47. The molecule has 1 unspecified atom stereocenters. The second-order valence-corrected chi connectivity index (χ2v) is 6.22. The highest BCUT2D eigenvalue weighted by molar-refractivity contribution is 9.11. The van der Waals surface area contributed by atoms with E-state index in [0.717, 1.165) is 27.7 Å². The predicted molar refractivity (Wildman–Crippen MR) is 77.0 cm³/mol. The Hall–Kier alpha value is 0.0300. The van der Waals surface area contributed by atoms with E-state index in [1.165, 1.54) is 19.4 Å². The number of likely N-dealkylation sites (N-methyl/N-ethyl adjacent to an activating group) is 1. The smallest absolute Gasteiger partial charge is 0.0686 e. The van der Waals surface area contributed by atoms with Crippen LogP contribution in [-0.4, -0.2) is 36.1 Å². The first-order valence-electron chi connectivity index (χ1n) is 5.88. The van der Waals surface area contributed by atoms with Crippen molar-refractivity contribution in [3.05, 3.63) is 26.9 Å². The molecule has 0 spiro atoms. The lowest BCUT2D eigenvalue weighted by Crippen LogP contribution is -2.44. The molecule has 1 aromatic heterocycles. The summed E-state index contributed by atoms with van der Waals surface area (Å²) in [7, 11) is 2.04. The summed E-state index contributed by atoms with van der Waals surface area (Å²) >= 11 is 7.00. The fourth-order valence-corrected chi connectivity index (χ4v) is 3.32. The third-order valence-corrected chi connectivity index (χ3v) is 4.29. The van der Waals surface area contributed by atoms with Gasteiger partial charge >= 0.3 is 0 Å². The fourth-order valence-electron chi connectivity index (χ4n) is 2.21. The monoisotopic (exact) mass is 361 g/mol. The minimum atomic E-state index is 0.623. The lowest BCUT2D eigenvalue weighted by Gasteiger charge is -2.32. The summed E-state index contributed by atoms with van der Waals surface area (Å²) in [6.45, 7) is 3.20. The van der Waals surface area contributed by atoms with Crippen LogP contribution in [0.2, 0.25) is 0 Å². The average Bonchev–Trinajstić information content (AvgIpc) is 2.33. The van der Waals surface area contributed by atoms with Gasteiger partial charge in [-0.15, -0.1) is 0 Å². The number of aromatic nitrogens is 1. The summed E-state index contributed by atoms with van der Waals surface area (Å²) in [5, 5.41) is 3.36. The van der Waals surface area contributed by atoms with Gasteiger partial charge in [-0.2, -0.15) is 0 Å². The largest absolute Gasteiger partial charge is 0.316 e. The van der Waals surface area contributed by atoms with Crippen LogP contribution < -0.4 is 5.32 Å². The predicted octanol–water partition coefficient (Wildman–Crippen LogP) is 2.79. The second-order valence-electron chi connectivity index (χ2n) is 4.44. The second kappa shape index (κ2) is 6.27. The molecule has 0 amide bonds.